The third-order valence-corrected chi connectivity index (χ3v) is 4.16. The predicted octanol–water partition coefficient (Wildman–Crippen LogP) is 2.34. The topological polar surface area (TPSA) is 92.5 Å². The summed E-state index contributed by atoms with van der Waals surface area (Å²) in [5.41, 5.74) is 0.157. The molecule has 120 valence electrons. The molecule has 0 spiro atoms. The molecule has 0 saturated heterocycles. The van der Waals surface area contributed by atoms with E-state index in [1.807, 2.05) is 0 Å². The Bertz CT molecular complexity index is 521. The number of nitrogens with zero attached hydrogens (tertiary/aromatic N) is 1. The number of hydrogen-bond acceptors (Lipinski definition) is 4. The first kappa shape index (κ1) is 16.4. The summed E-state index contributed by atoms with van der Waals surface area (Å²) in [4.78, 5) is 22.0. The fourth-order valence-corrected chi connectivity index (χ4v) is 2.88. The maximum absolute atomic E-state index is 11.9. The van der Waals surface area contributed by atoms with Crippen LogP contribution in [0, 0.1) is 10.1 Å². The summed E-state index contributed by atoms with van der Waals surface area (Å²) in [6.07, 6.45) is 5.25. The summed E-state index contributed by atoms with van der Waals surface area (Å²) in [7, 11) is 0. The monoisotopic (exact) mass is 306 g/mol. The van der Waals surface area contributed by atoms with Gasteiger partial charge in [0, 0.05) is 18.7 Å². The lowest BCUT2D eigenvalue weighted by Gasteiger charge is -2.31. The Morgan fingerprint density at radius 2 is 1.86 bits per heavy atom. The molecule has 1 fully saturated rings. The normalized spacial score (nSPS) is 17.0. The van der Waals surface area contributed by atoms with E-state index in [1.165, 1.54) is 12.1 Å². The number of rotatable bonds is 6. The second-order valence-electron chi connectivity index (χ2n) is 5.99. The van der Waals surface area contributed by atoms with Crippen molar-refractivity contribution < 1.29 is 14.8 Å². The van der Waals surface area contributed by atoms with Crippen molar-refractivity contribution >= 4 is 11.6 Å². The maximum Gasteiger partial charge on any atom is 0.269 e. The lowest BCUT2D eigenvalue weighted by atomic mass is 9.82. The van der Waals surface area contributed by atoms with Crippen LogP contribution in [0.15, 0.2) is 24.3 Å². The third kappa shape index (κ3) is 4.80. The fraction of sp³-hybridized carbons (Fsp3) is 0.562. The van der Waals surface area contributed by atoms with Crippen LogP contribution in [0.1, 0.15) is 44.1 Å². The van der Waals surface area contributed by atoms with Gasteiger partial charge in [0.1, 0.15) is 0 Å². The van der Waals surface area contributed by atoms with Crippen LogP contribution in [0.5, 0.6) is 0 Å². The Hall–Kier alpha value is -1.95. The van der Waals surface area contributed by atoms with E-state index in [2.05, 4.69) is 5.32 Å². The maximum atomic E-state index is 11.9. The second kappa shape index (κ2) is 7.35. The minimum Gasteiger partial charge on any atom is -0.389 e. The number of carbonyl (C=O) groups excluding carboxylic acids is 1. The molecule has 6 heteroatoms. The number of aliphatic hydroxyl groups is 1. The van der Waals surface area contributed by atoms with Crippen molar-refractivity contribution in [2.24, 2.45) is 0 Å². The van der Waals surface area contributed by atoms with Crippen LogP contribution in [-0.4, -0.2) is 28.1 Å². The first-order valence-corrected chi connectivity index (χ1v) is 7.71. The summed E-state index contributed by atoms with van der Waals surface area (Å²) in [6.45, 7) is 0.465. The van der Waals surface area contributed by atoms with Gasteiger partial charge in [-0.2, -0.15) is 0 Å². The molecule has 2 rings (SSSR count). The fourth-order valence-electron chi connectivity index (χ4n) is 2.88. The highest BCUT2D eigenvalue weighted by atomic mass is 16.6. The van der Waals surface area contributed by atoms with Crippen molar-refractivity contribution in [2.45, 2.75) is 50.5 Å². The minimum absolute atomic E-state index is 0.0623. The van der Waals surface area contributed by atoms with Crippen molar-refractivity contribution in [2.75, 3.05) is 6.54 Å². The van der Waals surface area contributed by atoms with Crippen molar-refractivity contribution in [3.63, 3.8) is 0 Å². The first-order valence-electron chi connectivity index (χ1n) is 7.71. The van der Waals surface area contributed by atoms with Crippen LogP contribution in [0.3, 0.4) is 0 Å². The van der Waals surface area contributed by atoms with Crippen LogP contribution in [0.4, 0.5) is 5.69 Å². The molecule has 0 aliphatic heterocycles. The molecule has 1 aliphatic carbocycles. The highest BCUT2D eigenvalue weighted by Crippen LogP contribution is 2.30. The molecule has 0 atom stereocenters. The summed E-state index contributed by atoms with van der Waals surface area (Å²) in [5.74, 6) is -0.133. The molecule has 2 N–H and O–H groups in total. The molecule has 1 aromatic rings. The number of nitro groups is 1. The summed E-state index contributed by atoms with van der Waals surface area (Å²) in [6, 6.07) is 6.31. The lowest BCUT2D eigenvalue weighted by molar-refractivity contribution is -0.384. The minimum atomic E-state index is -0.838. The van der Waals surface area contributed by atoms with Gasteiger partial charge in [-0.05, 0) is 24.8 Å². The number of nitrogens with one attached hydrogen (secondary N) is 1. The van der Waals surface area contributed by atoms with E-state index >= 15 is 0 Å². The van der Waals surface area contributed by atoms with Gasteiger partial charge in [-0.1, -0.05) is 31.4 Å². The van der Waals surface area contributed by atoms with Gasteiger partial charge in [0.15, 0.2) is 0 Å². The van der Waals surface area contributed by atoms with Crippen molar-refractivity contribution in [1.82, 2.24) is 5.32 Å². The second-order valence-corrected chi connectivity index (χ2v) is 5.99. The Labute approximate surface area is 129 Å². The van der Waals surface area contributed by atoms with E-state index in [-0.39, 0.29) is 18.0 Å². The molecule has 0 aromatic heterocycles. The first-order chi connectivity index (χ1) is 10.5. The number of benzene rings is 1. The summed E-state index contributed by atoms with van der Waals surface area (Å²) >= 11 is 0. The molecule has 0 radical (unpaired) electrons. The van der Waals surface area contributed by atoms with Crippen molar-refractivity contribution in [3.8, 4) is 0 Å². The number of nitro benzene ring substituents is 1. The molecule has 0 bridgehead atoms. The number of carbonyl (C=O) groups is 1. The number of amides is 1. The zero-order chi connectivity index (χ0) is 16.0. The van der Waals surface area contributed by atoms with Gasteiger partial charge in [-0.15, -0.1) is 0 Å². The van der Waals surface area contributed by atoms with Gasteiger partial charge in [0.2, 0.25) is 5.91 Å². The number of non-ortho nitro benzene ring substituents is 1. The average molecular weight is 306 g/mol. The zero-order valence-electron chi connectivity index (χ0n) is 12.6. The van der Waals surface area contributed by atoms with Crippen LogP contribution < -0.4 is 5.32 Å². The Morgan fingerprint density at radius 3 is 2.45 bits per heavy atom. The van der Waals surface area contributed by atoms with E-state index < -0.39 is 10.5 Å². The molecule has 1 amide bonds. The van der Waals surface area contributed by atoms with Gasteiger partial charge in [-0.3, -0.25) is 14.9 Å². The molecular formula is C16H22N2O4. The van der Waals surface area contributed by atoms with Crippen LogP contribution >= 0.6 is 0 Å². The molecule has 1 aliphatic rings. The molecule has 0 unspecified atom stereocenters. The SMILES string of the molecule is O=C(CC1(O)CCCCC1)NCCc1ccc([N+](=O)[O-])cc1. The molecule has 1 aromatic carbocycles. The molecule has 1 saturated carbocycles. The Balaban J connectivity index is 1.73. The van der Waals surface area contributed by atoms with Gasteiger partial charge in [0.25, 0.3) is 5.69 Å². The highest BCUT2D eigenvalue weighted by molar-refractivity contribution is 5.77. The van der Waals surface area contributed by atoms with Gasteiger partial charge < -0.3 is 10.4 Å². The third-order valence-electron chi connectivity index (χ3n) is 4.16. The van der Waals surface area contributed by atoms with Crippen LogP contribution in [-0.2, 0) is 11.2 Å². The summed E-state index contributed by atoms with van der Waals surface area (Å²) in [5, 5.41) is 23.7. The Morgan fingerprint density at radius 1 is 1.23 bits per heavy atom. The van der Waals surface area contributed by atoms with Crippen LogP contribution in [0.25, 0.3) is 0 Å². The molecule has 6 nitrogen and oxygen atoms in total. The van der Waals surface area contributed by atoms with Crippen molar-refractivity contribution in [1.29, 1.82) is 0 Å². The van der Waals surface area contributed by atoms with Gasteiger partial charge in [0.05, 0.1) is 16.9 Å². The molecule has 0 heterocycles. The smallest absolute Gasteiger partial charge is 0.269 e. The van der Waals surface area contributed by atoms with Gasteiger partial charge in [-0.25, -0.2) is 0 Å². The van der Waals surface area contributed by atoms with E-state index in [0.717, 1.165) is 24.8 Å². The average Bonchev–Trinajstić information content (AvgIpc) is 2.48. The highest BCUT2D eigenvalue weighted by Gasteiger charge is 2.31. The Kier molecular flexibility index (Phi) is 5.49. The molecule has 22 heavy (non-hydrogen) atoms. The van der Waals surface area contributed by atoms with E-state index in [1.54, 1.807) is 12.1 Å². The largest absolute Gasteiger partial charge is 0.389 e. The standard InChI is InChI=1S/C16H22N2O4/c19-15(12-16(20)9-2-1-3-10-16)17-11-8-13-4-6-14(7-5-13)18(21)22/h4-7,20H,1-3,8-12H2,(H,17,19). The lowest BCUT2D eigenvalue weighted by Crippen LogP contribution is -2.38. The zero-order valence-corrected chi connectivity index (χ0v) is 12.6. The van der Waals surface area contributed by atoms with Crippen LogP contribution in [0.2, 0.25) is 0 Å². The van der Waals surface area contributed by atoms with E-state index in [0.29, 0.717) is 25.8 Å². The van der Waals surface area contributed by atoms with E-state index in [4.69, 9.17) is 0 Å². The predicted molar refractivity (Wildman–Crippen MR) is 82.5 cm³/mol. The summed E-state index contributed by atoms with van der Waals surface area (Å²) < 4.78 is 0. The quantitative estimate of drug-likeness (QED) is 0.623. The van der Waals surface area contributed by atoms with Gasteiger partial charge >= 0.3 is 0 Å². The molecular weight excluding hydrogens is 284 g/mol. The van der Waals surface area contributed by atoms with E-state index in [9.17, 15) is 20.0 Å². The van der Waals surface area contributed by atoms with Crippen molar-refractivity contribution in [3.05, 3.63) is 39.9 Å². The number of hydrogen-bond donors (Lipinski definition) is 2.